The summed E-state index contributed by atoms with van der Waals surface area (Å²) >= 11 is 0. The Balaban J connectivity index is 1.94. The van der Waals surface area contributed by atoms with Crippen LogP contribution in [0.25, 0.3) is 0 Å². The highest BCUT2D eigenvalue weighted by atomic mass is 16.5. The van der Waals surface area contributed by atoms with Crippen LogP contribution in [0, 0.1) is 0 Å². The molecule has 1 aliphatic heterocycles. The van der Waals surface area contributed by atoms with Gasteiger partial charge >= 0.3 is 0 Å². The quantitative estimate of drug-likeness (QED) is 0.746. The molecule has 23 heavy (non-hydrogen) atoms. The highest BCUT2D eigenvalue weighted by Gasteiger charge is 2.30. The van der Waals surface area contributed by atoms with Crippen molar-refractivity contribution in [2.24, 2.45) is 0 Å². The van der Waals surface area contributed by atoms with E-state index in [1.807, 2.05) is 24.3 Å². The average molecular weight is 320 g/mol. The van der Waals surface area contributed by atoms with Crippen LogP contribution in [0.2, 0.25) is 0 Å². The van der Waals surface area contributed by atoms with Gasteiger partial charge in [0, 0.05) is 32.1 Å². The Kier molecular flexibility index (Phi) is 5.70. The molecule has 0 aliphatic carbocycles. The van der Waals surface area contributed by atoms with Crippen molar-refractivity contribution in [2.45, 2.75) is 18.9 Å². The summed E-state index contributed by atoms with van der Waals surface area (Å²) in [5, 5.41) is 2.69. The number of imide groups is 1. The predicted octanol–water partition coefficient (Wildman–Crippen LogP) is 0.648. The summed E-state index contributed by atoms with van der Waals surface area (Å²) < 4.78 is 10.7. The molecule has 7 heteroatoms. The molecule has 1 aromatic carbocycles. The van der Waals surface area contributed by atoms with Gasteiger partial charge in [0.05, 0.1) is 7.11 Å². The van der Waals surface area contributed by atoms with Gasteiger partial charge in [0.25, 0.3) is 0 Å². The van der Waals surface area contributed by atoms with E-state index in [1.54, 1.807) is 7.11 Å². The number of hydrogen-bond donors (Lipinski definition) is 1. The molecule has 0 radical (unpaired) electrons. The van der Waals surface area contributed by atoms with Gasteiger partial charge in [-0.15, -0.1) is 0 Å². The molecule has 0 bridgehead atoms. The van der Waals surface area contributed by atoms with Crippen LogP contribution in [0.15, 0.2) is 24.3 Å². The van der Waals surface area contributed by atoms with Crippen molar-refractivity contribution < 1.29 is 23.9 Å². The highest BCUT2D eigenvalue weighted by Crippen LogP contribution is 2.26. The van der Waals surface area contributed by atoms with Crippen LogP contribution < -0.4 is 10.1 Å². The van der Waals surface area contributed by atoms with Gasteiger partial charge in [-0.25, -0.2) is 0 Å². The lowest BCUT2D eigenvalue weighted by Crippen LogP contribution is -2.41. The third-order valence-electron chi connectivity index (χ3n) is 3.71. The first kappa shape index (κ1) is 17.0. The second-order valence-electron chi connectivity index (χ2n) is 5.14. The molecule has 1 heterocycles. The van der Waals surface area contributed by atoms with Crippen LogP contribution in [0.5, 0.6) is 5.75 Å². The zero-order chi connectivity index (χ0) is 16.8. The number of ether oxygens (including phenoxy) is 2. The van der Waals surface area contributed by atoms with E-state index in [-0.39, 0.29) is 43.8 Å². The molecule has 2 rings (SSSR count). The summed E-state index contributed by atoms with van der Waals surface area (Å²) in [5.41, 5.74) is 0.811. The molecular weight excluding hydrogens is 300 g/mol. The number of para-hydroxylation sites is 1. The fourth-order valence-corrected chi connectivity index (χ4v) is 2.46. The van der Waals surface area contributed by atoms with Crippen molar-refractivity contribution >= 4 is 17.7 Å². The molecule has 1 N–H and O–H groups in total. The lowest BCUT2D eigenvalue weighted by atomic mass is 10.1. The summed E-state index contributed by atoms with van der Waals surface area (Å²) in [6.45, 7) is -0.0358. The van der Waals surface area contributed by atoms with Crippen molar-refractivity contribution in [1.29, 1.82) is 0 Å². The van der Waals surface area contributed by atoms with Gasteiger partial charge in [-0.2, -0.15) is 0 Å². The van der Waals surface area contributed by atoms with E-state index in [4.69, 9.17) is 9.47 Å². The molecule has 0 aromatic heterocycles. The maximum atomic E-state index is 12.0. The Morgan fingerprint density at radius 2 is 1.87 bits per heavy atom. The highest BCUT2D eigenvalue weighted by molar-refractivity contribution is 6.04. The third kappa shape index (κ3) is 4.07. The summed E-state index contributed by atoms with van der Waals surface area (Å²) in [7, 11) is 3.10. The first-order valence-electron chi connectivity index (χ1n) is 7.32. The molecule has 1 atom stereocenters. The Morgan fingerprint density at radius 3 is 2.48 bits per heavy atom. The smallest absolute Gasteiger partial charge is 0.240 e. The zero-order valence-electron chi connectivity index (χ0n) is 13.2. The SMILES string of the molecule is COc1ccccc1[C@H](CNC(=O)CN1C(=O)CCC1=O)OC. The molecule has 0 saturated carbocycles. The minimum Gasteiger partial charge on any atom is -0.496 e. The minimum absolute atomic E-state index is 0.175. The van der Waals surface area contributed by atoms with Crippen LogP contribution >= 0.6 is 0 Å². The number of nitrogens with zero attached hydrogens (tertiary/aromatic N) is 1. The largest absolute Gasteiger partial charge is 0.496 e. The summed E-state index contributed by atoms with van der Waals surface area (Å²) in [6.07, 6.45) is -0.0396. The van der Waals surface area contributed by atoms with Gasteiger partial charge < -0.3 is 14.8 Å². The molecular formula is C16H20N2O5. The van der Waals surface area contributed by atoms with Gasteiger partial charge in [0.15, 0.2) is 0 Å². The van der Waals surface area contributed by atoms with Crippen molar-refractivity contribution in [3.05, 3.63) is 29.8 Å². The van der Waals surface area contributed by atoms with Gasteiger partial charge in [-0.05, 0) is 6.07 Å². The molecule has 0 unspecified atom stereocenters. The monoisotopic (exact) mass is 320 g/mol. The van der Waals surface area contributed by atoms with Gasteiger partial charge in [-0.1, -0.05) is 18.2 Å². The summed E-state index contributed by atoms with van der Waals surface area (Å²) in [5.74, 6) is -0.347. The molecule has 1 aliphatic rings. The molecule has 1 aromatic rings. The first-order valence-corrected chi connectivity index (χ1v) is 7.32. The second kappa shape index (κ2) is 7.73. The fourth-order valence-electron chi connectivity index (χ4n) is 2.46. The Morgan fingerprint density at radius 1 is 1.22 bits per heavy atom. The maximum Gasteiger partial charge on any atom is 0.240 e. The Bertz CT molecular complexity index is 586. The van der Waals surface area contributed by atoms with E-state index >= 15 is 0 Å². The van der Waals surface area contributed by atoms with Crippen LogP contribution in [0.4, 0.5) is 0 Å². The standard InChI is InChI=1S/C16H20N2O5/c1-22-12-6-4-3-5-11(12)13(23-2)9-17-14(19)10-18-15(20)7-8-16(18)21/h3-6,13H,7-10H2,1-2H3,(H,17,19)/t13-/m0/s1. The van der Waals surface area contributed by atoms with Gasteiger partial charge in [0.2, 0.25) is 17.7 Å². The number of benzene rings is 1. The molecule has 3 amide bonds. The molecule has 124 valence electrons. The van der Waals surface area contributed by atoms with E-state index in [0.29, 0.717) is 5.75 Å². The Hall–Kier alpha value is -2.41. The number of likely N-dealkylation sites (tertiary alicyclic amines) is 1. The van der Waals surface area contributed by atoms with Gasteiger partial charge in [0.1, 0.15) is 18.4 Å². The van der Waals surface area contributed by atoms with Crippen molar-refractivity contribution in [3.8, 4) is 5.75 Å². The second-order valence-corrected chi connectivity index (χ2v) is 5.14. The number of rotatable bonds is 7. The Labute approximate surface area is 134 Å². The molecule has 7 nitrogen and oxygen atoms in total. The summed E-state index contributed by atoms with van der Waals surface area (Å²) in [4.78, 5) is 35.9. The van der Waals surface area contributed by atoms with E-state index in [0.717, 1.165) is 10.5 Å². The number of carbonyl (C=O) groups excluding carboxylic acids is 3. The number of hydrogen-bond acceptors (Lipinski definition) is 5. The molecule has 1 fully saturated rings. The lowest BCUT2D eigenvalue weighted by Gasteiger charge is -2.20. The van der Waals surface area contributed by atoms with E-state index in [9.17, 15) is 14.4 Å². The van der Waals surface area contributed by atoms with E-state index < -0.39 is 5.91 Å². The van der Waals surface area contributed by atoms with Crippen LogP contribution in [-0.2, 0) is 19.1 Å². The van der Waals surface area contributed by atoms with Crippen LogP contribution in [0.3, 0.4) is 0 Å². The summed E-state index contributed by atoms with van der Waals surface area (Å²) in [6, 6.07) is 7.36. The van der Waals surface area contributed by atoms with Crippen molar-refractivity contribution in [2.75, 3.05) is 27.3 Å². The van der Waals surface area contributed by atoms with E-state index in [2.05, 4.69) is 5.32 Å². The fraction of sp³-hybridized carbons (Fsp3) is 0.438. The number of amides is 3. The minimum atomic E-state index is -0.398. The van der Waals surface area contributed by atoms with Crippen LogP contribution in [0.1, 0.15) is 24.5 Å². The molecule has 0 spiro atoms. The number of methoxy groups -OCH3 is 2. The number of nitrogens with one attached hydrogen (secondary N) is 1. The normalized spacial score (nSPS) is 15.7. The van der Waals surface area contributed by atoms with Crippen molar-refractivity contribution in [1.82, 2.24) is 10.2 Å². The first-order chi connectivity index (χ1) is 11.1. The zero-order valence-corrected chi connectivity index (χ0v) is 13.2. The van der Waals surface area contributed by atoms with Gasteiger partial charge in [-0.3, -0.25) is 19.3 Å². The predicted molar refractivity (Wildman–Crippen MR) is 81.7 cm³/mol. The molecule has 1 saturated heterocycles. The van der Waals surface area contributed by atoms with Crippen LogP contribution in [-0.4, -0.2) is 49.9 Å². The number of carbonyl (C=O) groups is 3. The third-order valence-corrected chi connectivity index (χ3v) is 3.71. The van der Waals surface area contributed by atoms with E-state index in [1.165, 1.54) is 7.11 Å². The average Bonchev–Trinajstić information content (AvgIpc) is 2.87. The maximum absolute atomic E-state index is 12.0. The lowest BCUT2D eigenvalue weighted by molar-refractivity contribution is -0.142. The van der Waals surface area contributed by atoms with Crippen molar-refractivity contribution in [3.63, 3.8) is 0 Å². The topological polar surface area (TPSA) is 84.9 Å².